The molecule has 0 N–H and O–H groups in total. The topological polar surface area (TPSA) is 107 Å². The number of alkyl halides is 3. The maximum atomic E-state index is 12.5. The molecule has 124 valence electrons. The number of nitro groups is 2. The fraction of sp³-hybridized carbons (Fsp3) is 0.417. The van der Waals surface area contributed by atoms with Gasteiger partial charge in [0, 0.05) is 25.2 Å². The average molecular weight is 333 g/mol. The number of carbonyl (C=O) groups is 1. The van der Waals surface area contributed by atoms with Crippen molar-refractivity contribution in [2.24, 2.45) is 0 Å². The van der Waals surface area contributed by atoms with Crippen LogP contribution in [0.5, 0.6) is 0 Å². The van der Waals surface area contributed by atoms with Crippen LogP contribution in [0.15, 0.2) is 12.1 Å². The minimum atomic E-state index is -5.01. The van der Waals surface area contributed by atoms with E-state index in [2.05, 4.69) is 0 Å². The third kappa shape index (κ3) is 3.38. The molecule has 1 aliphatic rings. The van der Waals surface area contributed by atoms with Gasteiger partial charge in [0.05, 0.1) is 9.85 Å². The number of fused-ring (bicyclic) bond motifs is 1. The zero-order chi connectivity index (χ0) is 17.4. The Kier molecular flexibility index (Phi) is 4.21. The number of carbonyl (C=O) groups excluding carboxylic acids is 1. The van der Waals surface area contributed by atoms with Gasteiger partial charge in [-0.15, -0.1) is 0 Å². The van der Waals surface area contributed by atoms with Gasteiger partial charge in [0.25, 0.3) is 0 Å². The van der Waals surface area contributed by atoms with Crippen molar-refractivity contribution in [3.05, 3.63) is 43.5 Å². The van der Waals surface area contributed by atoms with Crippen molar-refractivity contribution < 1.29 is 27.8 Å². The van der Waals surface area contributed by atoms with E-state index in [-0.39, 0.29) is 25.9 Å². The molecule has 1 heterocycles. The number of nitro benzene ring substituents is 2. The Labute approximate surface area is 126 Å². The molecule has 1 aromatic rings. The van der Waals surface area contributed by atoms with E-state index in [1.165, 1.54) is 0 Å². The molecular formula is C12H10F3N3O5. The first-order valence-corrected chi connectivity index (χ1v) is 6.42. The van der Waals surface area contributed by atoms with Crippen LogP contribution < -0.4 is 0 Å². The molecule has 8 nitrogen and oxygen atoms in total. The second-order valence-corrected chi connectivity index (χ2v) is 4.91. The van der Waals surface area contributed by atoms with Gasteiger partial charge in [0.15, 0.2) is 0 Å². The highest BCUT2D eigenvalue weighted by Gasteiger charge is 2.42. The Bertz CT molecular complexity index is 644. The van der Waals surface area contributed by atoms with Crippen molar-refractivity contribution in [2.45, 2.75) is 19.0 Å². The van der Waals surface area contributed by atoms with Crippen LogP contribution in [0.3, 0.4) is 0 Å². The quantitative estimate of drug-likeness (QED) is 0.608. The molecule has 1 aromatic carbocycles. The van der Waals surface area contributed by atoms with Crippen LogP contribution in [0.1, 0.15) is 11.1 Å². The van der Waals surface area contributed by atoms with E-state index in [4.69, 9.17) is 0 Å². The first-order valence-electron chi connectivity index (χ1n) is 6.42. The molecule has 0 aliphatic carbocycles. The van der Waals surface area contributed by atoms with Crippen LogP contribution in [0.4, 0.5) is 24.5 Å². The third-order valence-electron chi connectivity index (χ3n) is 3.52. The number of amides is 1. The van der Waals surface area contributed by atoms with Gasteiger partial charge in [-0.1, -0.05) is 0 Å². The van der Waals surface area contributed by atoms with Crippen molar-refractivity contribution in [3.63, 3.8) is 0 Å². The maximum absolute atomic E-state index is 12.5. The molecular weight excluding hydrogens is 323 g/mol. The van der Waals surface area contributed by atoms with E-state index in [1.54, 1.807) is 0 Å². The monoisotopic (exact) mass is 333 g/mol. The number of rotatable bonds is 2. The molecule has 0 unspecified atom stereocenters. The fourth-order valence-corrected chi connectivity index (χ4v) is 2.43. The summed E-state index contributed by atoms with van der Waals surface area (Å²) in [5.74, 6) is -1.99. The number of hydrogen-bond acceptors (Lipinski definition) is 5. The second-order valence-electron chi connectivity index (χ2n) is 4.91. The SMILES string of the molecule is O=C(N1CCc2cc([N+](=O)[O-])c([N+](=O)[O-])cc2CC1)C(F)(F)F. The van der Waals surface area contributed by atoms with Crippen molar-refractivity contribution in [1.82, 2.24) is 4.90 Å². The molecule has 0 saturated carbocycles. The number of nitrogens with zero attached hydrogens (tertiary/aromatic N) is 3. The van der Waals surface area contributed by atoms with Crippen molar-refractivity contribution in [2.75, 3.05) is 13.1 Å². The minimum Gasteiger partial charge on any atom is -0.334 e. The van der Waals surface area contributed by atoms with Gasteiger partial charge in [0.1, 0.15) is 0 Å². The lowest BCUT2D eigenvalue weighted by Crippen LogP contribution is -2.42. The van der Waals surface area contributed by atoms with Gasteiger partial charge in [0.2, 0.25) is 0 Å². The van der Waals surface area contributed by atoms with Crippen LogP contribution in [0.2, 0.25) is 0 Å². The lowest BCUT2D eigenvalue weighted by atomic mass is 10.0. The highest BCUT2D eigenvalue weighted by atomic mass is 19.4. The maximum Gasteiger partial charge on any atom is 0.471 e. The van der Waals surface area contributed by atoms with Gasteiger partial charge in [-0.2, -0.15) is 13.2 Å². The second kappa shape index (κ2) is 5.82. The summed E-state index contributed by atoms with van der Waals surface area (Å²) in [5.41, 5.74) is -0.770. The fourth-order valence-electron chi connectivity index (χ4n) is 2.43. The predicted molar refractivity (Wildman–Crippen MR) is 69.8 cm³/mol. The molecule has 11 heteroatoms. The van der Waals surface area contributed by atoms with Gasteiger partial charge in [-0.25, -0.2) is 0 Å². The van der Waals surface area contributed by atoms with Crippen molar-refractivity contribution in [1.29, 1.82) is 0 Å². The van der Waals surface area contributed by atoms with Crippen LogP contribution in [-0.2, 0) is 17.6 Å². The summed E-state index contributed by atoms with van der Waals surface area (Å²) < 4.78 is 37.4. The third-order valence-corrected chi connectivity index (χ3v) is 3.52. The molecule has 2 rings (SSSR count). The Morgan fingerprint density at radius 3 is 1.70 bits per heavy atom. The van der Waals surface area contributed by atoms with Crippen LogP contribution >= 0.6 is 0 Å². The molecule has 0 saturated heterocycles. The number of halogens is 3. The van der Waals surface area contributed by atoms with Crippen molar-refractivity contribution in [3.8, 4) is 0 Å². The highest BCUT2D eigenvalue weighted by molar-refractivity contribution is 5.82. The van der Waals surface area contributed by atoms with E-state index in [0.29, 0.717) is 16.0 Å². The van der Waals surface area contributed by atoms with Crippen LogP contribution in [0, 0.1) is 20.2 Å². The summed E-state index contributed by atoms with van der Waals surface area (Å²) in [6.07, 6.45) is -5.10. The first kappa shape index (κ1) is 16.6. The van der Waals surface area contributed by atoms with Gasteiger partial charge >= 0.3 is 23.5 Å². The summed E-state index contributed by atoms with van der Waals surface area (Å²) in [5, 5.41) is 21.8. The van der Waals surface area contributed by atoms with E-state index in [9.17, 15) is 38.2 Å². The zero-order valence-electron chi connectivity index (χ0n) is 11.5. The summed E-state index contributed by atoms with van der Waals surface area (Å²) >= 11 is 0. The molecule has 1 aliphatic heterocycles. The molecule has 1 amide bonds. The van der Waals surface area contributed by atoms with Crippen molar-refractivity contribution >= 4 is 17.3 Å². The lowest BCUT2D eigenvalue weighted by Gasteiger charge is -2.21. The van der Waals surface area contributed by atoms with E-state index < -0.39 is 33.3 Å². The van der Waals surface area contributed by atoms with E-state index in [1.807, 2.05) is 0 Å². The normalized spacial score (nSPS) is 14.8. The Morgan fingerprint density at radius 1 is 1.00 bits per heavy atom. The summed E-state index contributed by atoms with van der Waals surface area (Å²) in [7, 11) is 0. The Morgan fingerprint density at radius 2 is 1.39 bits per heavy atom. The molecule has 0 aromatic heterocycles. The van der Waals surface area contributed by atoms with Gasteiger partial charge in [-0.05, 0) is 24.0 Å². The minimum absolute atomic E-state index is 0.0456. The lowest BCUT2D eigenvalue weighted by molar-refractivity contribution is -0.422. The molecule has 0 fully saturated rings. The van der Waals surface area contributed by atoms with E-state index >= 15 is 0 Å². The summed E-state index contributed by atoms with van der Waals surface area (Å²) in [6, 6.07) is 1.99. The molecule has 0 bridgehead atoms. The van der Waals surface area contributed by atoms with Crippen LogP contribution in [-0.4, -0.2) is 39.9 Å². The highest BCUT2D eigenvalue weighted by Crippen LogP contribution is 2.32. The molecule has 0 radical (unpaired) electrons. The van der Waals surface area contributed by atoms with Crippen LogP contribution in [0.25, 0.3) is 0 Å². The Hall–Kier alpha value is -2.72. The summed E-state index contributed by atoms with van der Waals surface area (Å²) in [6.45, 7) is -0.527. The average Bonchev–Trinajstić information content (AvgIpc) is 2.65. The van der Waals surface area contributed by atoms with Gasteiger partial charge in [-0.3, -0.25) is 25.0 Å². The first-order chi connectivity index (χ1) is 10.6. The number of hydrogen-bond donors (Lipinski definition) is 0. The smallest absolute Gasteiger partial charge is 0.334 e. The summed E-state index contributed by atoms with van der Waals surface area (Å²) in [4.78, 5) is 31.8. The Balaban J connectivity index is 2.35. The zero-order valence-corrected chi connectivity index (χ0v) is 11.5. The molecule has 0 spiro atoms. The van der Waals surface area contributed by atoms with E-state index in [0.717, 1.165) is 12.1 Å². The largest absolute Gasteiger partial charge is 0.471 e. The molecule has 23 heavy (non-hydrogen) atoms. The number of benzene rings is 1. The predicted octanol–water partition coefficient (Wildman–Crippen LogP) is 1.99. The standard InChI is InChI=1S/C12H10F3N3O5/c13-12(14,15)11(19)16-3-1-7-5-9(17(20)21)10(18(22)23)6-8(7)2-4-16/h5-6H,1-4H2. The van der Waals surface area contributed by atoms with Gasteiger partial charge < -0.3 is 4.90 Å². The molecule has 0 atom stereocenters.